The Morgan fingerprint density at radius 2 is 2.17 bits per heavy atom. The van der Waals surface area contributed by atoms with Crippen molar-refractivity contribution in [3.8, 4) is 0 Å². The van der Waals surface area contributed by atoms with Crippen LogP contribution in [-0.2, 0) is 10.3 Å². The van der Waals surface area contributed by atoms with E-state index in [2.05, 4.69) is 20.9 Å². The summed E-state index contributed by atoms with van der Waals surface area (Å²) in [7, 11) is 0. The van der Waals surface area contributed by atoms with Crippen LogP contribution in [0.4, 0.5) is 5.95 Å². The summed E-state index contributed by atoms with van der Waals surface area (Å²) in [6, 6.07) is 5.72. The molecule has 0 bridgehead atoms. The van der Waals surface area contributed by atoms with Crippen molar-refractivity contribution in [1.82, 2.24) is 9.55 Å². The molecule has 1 aromatic carbocycles. The molecule has 0 aliphatic heterocycles. The van der Waals surface area contributed by atoms with Gasteiger partial charge in [-0.05, 0) is 32.0 Å². The van der Waals surface area contributed by atoms with Crippen molar-refractivity contribution in [2.75, 3.05) is 5.73 Å². The van der Waals surface area contributed by atoms with Crippen LogP contribution in [0.5, 0.6) is 0 Å². The zero-order valence-corrected chi connectivity index (χ0v) is 11.9. The number of imidazole rings is 1. The fraction of sp³-hybridized carbons (Fsp3) is 0.333. The van der Waals surface area contributed by atoms with E-state index in [0.29, 0.717) is 5.95 Å². The third kappa shape index (κ3) is 2.20. The molecule has 2 rings (SSSR count). The van der Waals surface area contributed by atoms with Gasteiger partial charge in [-0.2, -0.15) is 0 Å². The Kier molecular flexibility index (Phi) is 3.06. The lowest BCUT2D eigenvalue weighted by Crippen LogP contribution is -2.33. The minimum atomic E-state index is -0.508. The van der Waals surface area contributed by atoms with E-state index in [4.69, 9.17) is 11.5 Å². The van der Waals surface area contributed by atoms with Gasteiger partial charge >= 0.3 is 0 Å². The number of primary amides is 1. The molecule has 1 heterocycles. The van der Waals surface area contributed by atoms with Crippen molar-refractivity contribution in [2.45, 2.75) is 25.8 Å². The number of nitrogen functional groups attached to an aromatic ring is 1. The number of aromatic nitrogens is 2. The molecule has 18 heavy (non-hydrogen) atoms. The molecule has 5 nitrogen and oxygen atoms in total. The molecule has 4 N–H and O–H groups in total. The van der Waals surface area contributed by atoms with E-state index >= 15 is 0 Å². The Bertz CT molecular complexity index is 618. The molecule has 0 radical (unpaired) electrons. The van der Waals surface area contributed by atoms with Crippen LogP contribution in [0.15, 0.2) is 22.7 Å². The van der Waals surface area contributed by atoms with Crippen LogP contribution in [0.3, 0.4) is 0 Å². The number of rotatable bonds is 3. The lowest BCUT2D eigenvalue weighted by atomic mass is 9.99. The maximum atomic E-state index is 11.2. The first-order valence-corrected chi connectivity index (χ1v) is 6.33. The van der Waals surface area contributed by atoms with Crippen LogP contribution >= 0.6 is 15.9 Å². The zero-order chi connectivity index (χ0) is 13.5. The summed E-state index contributed by atoms with van der Waals surface area (Å²) in [5.41, 5.74) is 12.4. The van der Waals surface area contributed by atoms with E-state index in [1.54, 1.807) is 0 Å². The molecule has 1 aromatic heterocycles. The van der Waals surface area contributed by atoms with Crippen molar-refractivity contribution in [3.63, 3.8) is 0 Å². The quantitative estimate of drug-likeness (QED) is 0.909. The smallest absolute Gasteiger partial charge is 0.219 e. The van der Waals surface area contributed by atoms with E-state index in [0.717, 1.165) is 15.5 Å². The highest BCUT2D eigenvalue weighted by Crippen LogP contribution is 2.30. The molecule has 0 atom stereocenters. The van der Waals surface area contributed by atoms with Gasteiger partial charge in [-0.25, -0.2) is 4.98 Å². The summed E-state index contributed by atoms with van der Waals surface area (Å²) in [6.07, 6.45) is 0.204. The normalized spacial score (nSPS) is 11.9. The average molecular weight is 311 g/mol. The molecule has 0 aliphatic rings. The van der Waals surface area contributed by atoms with E-state index in [9.17, 15) is 4.79 Å². The van der Waals surface area contributed by atoms with Gasteiger partial charge in [0.15, 0.2) is 0 Å². The lowest BCUT2D eigenvalue weighted by molar-refractivity contribution is -0.119. The first-order valence-electron chi connectivity index (χ1n) is 5.53. The van der Waals surface area contributed by atoms with Gasteiger partial charge in [0, 0.05) is 10.9 Å². The van der Waals surface area contributed by atoms with Gasteiger partial charge in [0.05, 0.1) is 16.6 Å². The molecule has 0 fully saturated rings. The summed E-state index contributed by atoms with van der Waals surface area (Å²) in [4.78, 5) is 15.5. The topological polar surface area (TPSA) is 86.9 Å². The summed E-state index contributed by atoms with van der Waals surface area (Å²) in [5.74, 6) is 0.0191. The standard InChI is InChI=1S/C12H15BrN4O/c1-12(2,6-10(14)18)17-9-5-7(13)3-4-8(9)16-11(17)15/h3-5H,6H2,1-2H3,(H2,14,18)(H2,15,16). The van der Waals surface area contributed by atoms with Gasteiger partial charge in [-0.15, -0.1) is 0 Å². The van der Waals surface area contributed by atoms with Crippen molar-refractivity contribution in [1.29, 1.82) is 0 Å². The number of anilines is 1. The highest BCUT2D eigenvalue weighted by molar-refractivity contribution is 9.10. The number of carbonyl (C=O) groups excluding carboxylic acids is 1. The van der Waals surface area contributed by atoms with E-state index in [1.165, 1.54) is 0 Å². The second-order valence-electron chi connectivity index (χ2n) is 4.89. The Hall–Kier alpha value is -1.56. The van der Waals surface area contributed by atoms with Crippen LogP contribution in [0, 0.1) is 0 Å². The minimum Gasteiger partial charge on any atom is -0.370 e. The number of nitrogens with two attached hydrogens (primary N) is 2. The number of benzene rings is 1. The average Bonchev–Trinajstić information content (AvgIpc) is 2.51. The van der Waals surface area contributed by atoms with Gasteiger partial charge in [0.2, 0.25) is 11.9 Å². The first kappa shape index (κ1) is 12.9. The van der Waals surface area contributed by atoms with E-state index < -0.39 is 5.54 Å². The van der Waals surface area contributed by atoms with E-state index in [-0.39, 0.29) is 12.3 Å². The first-order chi connectivity index (χ1) is 8.31. The largest absolute Gasteiger partial charge is 0.370 e. The van der Waals surface area contributed by atoms with Gasteiger partial charge in [-0.1, -0.05) is 15.9 Å². The molecular weight excluding hydrogens is 296 g/mol. The SMILES string of the molecule is CC(C)(CC(N)=O)n1c(N)nc2ccc(Br)cc21. The fourth-order valence-electron chi connectivity index (χ4n) is 2.21. The fourth-order valence-corrected chi connectivity index (χ4v) is 2.56. The van der Waals surface area contributed by atoms with Gasteiger partial charge in [0.25, 0.3) is 0 Å². The molecule has 0 unspecified atom stereocenters. The summed E-state index contributed by atoms with van der Waals surface area (Å²) in [5, 5.41) is 0. The number of carbonyl (C=O) groups is 1. The van der Waals surface area contributed by atoms with Crippen LogP contribution in [0.2, 0.25) is 0 Å². The van der Waals surface area contributed by atoms with Gasteiger partial charge < -0.3 is 16.0 Å². The second-order valence-corrected chi connectivity index (χ2v) is 5.81. The van der Waals surface area contributed by atoms with Gasteiger partial charge in [-0.3, -0.25) is 4.79 Å². The Labute approximate surface area is 113 Å². The molecule has 1 amide bonds. The van der Waals surface area contributed by atoms with Gasteiger partial charge in [0.1, 0.15) is 0 Å². The third-order valence-electron chi connectivity index (χ3n) is 2.85. The third-order valence-corrected chi connectivity index (χ3v) is 3.35. The number of hydrogen-bond donors (Lipinski definition) is 2. The molecule has 0 saturated heterocycles. The molecule has 0 aliphatic carbocycles. The van der Waals surface area contributed by atoms with Crippen molar-refractivity contribution >= 4 is 38.8 Å². The molecular formula is C12H15BrN4O. The van der Waals surface area contributed by atoms with Crippen LogP contribution < -0.4 is 11.5 Å². The maximum absolute atomic E-state index is 11.2. The minimum absolute atomic E-state index is 0.204. The second kappa shape index (κ2) is 4.28. The zero-order valence-electron chi connectivity index (χ0n) is 10.3. The van der Waals surface area contributed by atoms with Crippen LogP contribution in [0.25, 0.3) is 11.0 Å². The Morgan fingerprint density at radius 1 is 1.50 bits per heavy atom. The summed E-state index contributed by atoms with van der Waals surface area (Å²) >= 11 is 3.42. The monoisotopic (exact) mass is 310 g/mol. The maximum Gasteiger partial charge on any atom is 0.219 e. The molecule has 96 valence electrons. The van der Waals surface area contributed by atoms with Crippen LogP contribution in [0.1, 0.15) is 20.3 Å². The highest BCUT2D eigenvalue weighted by Gasteiger charge is 2.27. The van der Waals surface area contributed by atoms with Crippen molar-refractivity contribution < 1.29 is 4.79 Å². The number of hydrogen-bond acceptors (Lipinski definition) is 3. The highest BCUT2D eigenvalue weighted by atomic mass is 79.9. The van der Waals surface area contributed by atoms with Crippen molar-refractivity contribution in [3.05, 3.63) is 22.7 Å². The Balaban J connectivity index is 2.65. The Morgan fingerprint density at radius 3 is 2.78 bits per heavy atom. The summed E-state index contributed by atoms with van der Waals surface area (Å²) < 4.78 is 2.78. The predicted octanol–water partition coefficient (Wildman–Crippen LogP) is 1.99. The number of halogens is 1. The number of fused-ring (bicyclic) bond motifs is 1. The molecule has 0 spiro atoms. The van der Waals surface area contributed by atoms with Crippen LogP contribution in [-0.4, -0.2) is 15.5 Å². The summed E-state index contributed by atoms with van der Waals surface area (Å²) in [6.45, 7) is 3.83. The molecule has 0 saturated carbocycles. The molecule has 6 heteroatoms. The number of amides is 1. The van der Waals surface area contributed by atoms with Crippen molar-refractivity contribution in [2.24, 2.45) is 5.73 Å². The number of nitrogens with zero attached hydrogens (tertiary/aromatic N) is 2. The lowest BCUT2D eigenvalue weighted by Gasteiger charge is -2.27. The predicted molar refractivity (Wildman–Crippen MR) is 75.0 cm³/mol. The van der Waals surface area contributed by atoms with E-state index in [1.807, 2.05) is 36.6 Å². The molecule has 2 aromatic rings.